The van der Waals surface area contributed by atoms with Crippen LogP contribution in [0.3, 0.4) is 0 Å². The van der Waals surface area contributed by atoms with E-state index in [2.05, 4.69) is 38.4 Å². The summed E-state index contributed by atoms with van der Waals surface area (Å²) in [5, 5.41) is 0. The number of nitrogens with zero attached hydrogens (tertiary/aromatic N) is 2. The van der Waals surface area contributed by atoms with Crippen LogP contribution in [-0.4, -0.2) is 49.9 Å². The molecule has 2 aliphatic heterocycles. The number of hydrogen-bond acceptors (Lipinski definition) is 2. The molecule has 0 aliphatic carbocycles. The zero-order valence-electron chi connectivity index (χ0n) is 16.2. The fraction of sp³-hybridized carbons (Fsp3) is 0.348. The highest BCUT2D eigenvalue weighted by Crippen LogP contribution is 2.36. The molecule has 1 saturated heterocycles. The summed E-state index contributed by atoms with van der Waals surface area (Å²) in [5.74, 6) is 0. The second-order valence-corrected chi connectivity index (χ2v) is 8.07. The van der Waals surface area contributed by atoms with Gasteiger partial charge in [0, 0.05) is 25.5 Å². The van der Waals surface area contributed by atoms with Gasteiger partial charge in [0.25, 0.3) is 0 Å². The van der Waals surface area contributed by atoms with Crippen molar-refractivity contribution in [3.8, 4) is 11.1 Å². The summed E-state index contributed by atoms with van der Waals surface area (Å²) in [7, 11) is 6.31. The lowest BCUT2D eigenvalue weighted by Gasteiger charge is -2.44. The number of anilines is 1. The average Bonchev–Trinajstić information content (AvgIpc) is 2.85. The number of quaternary nitrogens is 1. The van der Waals surface area contributed by atoms with Crippen LogP contribution in [0.2, 0.25) is 0 Å². The Morgan fingerprint density at radius 2 is 1.56 bits per heavy atom. The zero-order valence-corrected chi connectivity index (χ0v) is 16.2. The third-order valence-corrected chi connectivity index (χ3v) is 6.17. The van der Waals surface area contributed by atoms with Crippen molar-refractivity contribution in [2.45, 2.75) is 31.0 Å². The van der Waals surface area contributed by atoms with E-state index in [9.17, 15) is 4.79 Å². The zero-order chi connectivity index (χ0) is 19.0. The molecule has 2 bridgehead atoms. The Balaban J connectivity index is 1.50. The Labute approximate surface area is 161 Å². The number of likely N-dealkylation sites (N-methyl/N-ethyl adjacent to an activating group) is 1. The number of para-hydroxylation sites is 1. The van der Waals surface area contributed by atoms with Gasteiger partial charge in [0.05, 0.1) is 19.8 Å². The van der Waals surface area contributed by atoms with Gasteiger partial charge < -0.3 is 9.22 Å². The van der Waals surface area contributed by atoms with Crippen LogP contribution < -0.4 is 4.90 Å². The topological polar surface area (TPSA) is 29.5 Å². The average molecular weight is 363 g/mol. The molecular formula is C23H27N2O2+. The molecule has 4 nitrogen and oxygen atoms in total. The Kier molecular flexibility index (Phi) is 4.52. The summed E-state index contributed by atoms with van der Waals surface area (Å²) in [6.07, 6.45) is 6.04. The molecule has 4 rings (SSSR count). The van der Waals surface area contributed by atoms with Crippen LogP contribution in [0, 0.1) is 0 Å². The lowest BCUT2D eigenvalue weighted by Crippen LogP contribution is -2.57. The first-order chi connectivity index (χ1) is 13.0. The summed E-state index contributed by atoms with van der Waals surface area (Å²) < 4.78 is 6.88. The summed E-state index contributed by atoms with van der Waals surface area (Å²) >= 11 is 0. The predicted octanol–water partition coefficient (Wildman–Crippen LogP) is 4.47. The number of carbonyl (C=O) groups is 1. The van der Waals surface area contributed by atoms with Crippen LogP contribution in [0.5, 0.6) is 0 Å². The van der Waals surface area contributed by atoms with Crippen LogP contribution in [0.15, 0.2) is 66.7 Å². The largest absolute Gasteiger partial charge is 0.445 e. The maximum absolute atomic E-state index is 12.9. The Hall–Kier alpha value is -2.59. The smallest absolute Gasteiger partial charge is 0.414 e. The lowest BCUT2D eigenvalue weighted by molar-refractivity contribution is -0.926. The van der Waals surface area contributed by atoms with Gasteiger partial charge in [0.15, 0.2) is 0 Å². The molecule has 0 radical (unpaired) electrons. The van der Waals surface area contributed by atoms with E-state index in [1.165, 1.54) is 0 Å². The molecule has 2 atom stereocenters. The number of benzene rings is 2. The van der Waals surface area contributed by atoms with Crippen LogP contribution in [0.25, 0.3) is 11.1 Å². The molecule has 27 heavy (non-hydrogen) atoms. The molecule has 2 heterocycles. The van der Waals surface area contributed by atoms with Crippen LogP contribution in [-0.2, 0) is 4.74 Å². The number of piperidine rings is 1. The maximum atomic E-state index is 12.9. The molecule has 140 valence electrons. The first-order valence-corrected chi connectivity index (χ1v) is 9.57. The normalized spacial score (nSPS) is 25.2. The molecule has 2 aromatic rings. The van der Waals surface area contributed by atoms with Gasteiger partial charge in [-0.15, -0.1) is 0 Å². The minimum absolute atomic E-state index is 0.0278. The van der Waals surface area contributed by atoms with Gasteiger partial charge >= 0.3 is 6.09 Å². The van der Waals surface area contributed by atoms with E-state index in [4.69, 9.17) is 4.74 Å². The second-order valence-electron chi connectivity index (χ2n) is 8.07. The van der Waals surface area contributed by atoms with Crippen molar-refractivity contribution in [1.29, 1.82) is 0 Å². The van der Waals surface area contributed by atoms with E-state index in [1.807, 2.05) is 42.5 Å². The van der Waals surface area contributed by atoms with Gasteiger partial charge in [-0.2, -0.15) is 0 Å². The molecule has 0 spiro atoms. The number of fused-ring (bicyclic) bond motifs is 2. The maximum Gasteiger partial charge on any atom is 0.414 e. The summed E-state index contributed by atoms with van der Waals surface area (Å²) in [5.41, 5.74) is 2.98. The van der Waals surface area contributed by atoms with Crippen molar-refractivity contribution in [3.05, 3.63) is 66.7 Å². The van der Waals surface area contributed by atoms with Crippen LogP contribution in [0.4, 0.5) is 10.5 Å². The first kappa shape index (κ1) is 17.8. The molecule has 0 N–H and O–H groups in total. The van der Waals surface area contributed by atoms with Crippen LogP contribution >= 0.6 is 0 Å². The molecule has 0 saturated carbocycles. The molecule has 2 unspecified atom stereocenters. The number of amides is 1. The van der Waals surface area contributed by atoms with Crippen molar-refractivity contribution < 1.29 is 14.0 Å². The van der Waals surface area contributed by atoms with Gasteiger partial charge in [-0.25, -0.2) is 4.79 Å². The third-order valence-electron chi connectivity index (χ3n) is 6.17. The summed E-state index contributed by atoms with van der Waals surface area (Å²) in [6.45, 7) is 0. The Morgan fingerprint density at radius 1 is 0.963 bits per heavy atom. The third kappa shape index (κ3) is 3.26. The molecule has 1 fully saturated rings. The number of hydrogen-bond donors (Lipinski definition) is 0. The quantitative estimate of drug-likeness (QED) is 0.595. The van der Waals surface area contributed by atoms with Crippen molar-refractivity contribution in [2.24, 2.45) is 0 Å². The first-order valence-electron chi connectivity index (χ1n) is 9.57. The molecule has 2 aromatic carbocycles. The fourth-order valence-electron chi connectivity index (χ4n) is 4.33. The second kappa shape index (κ2) is 6.86. The highest BCUT2D eigenvalue weighted by atomic mass is 16.6. The van der Waals surface area contributed by atoms with E-state index >= 15 is 0 Å². The SMILES string of the molecule is CN(C(=O)OC1CC2C=CC(C1)[N+]2(C)C)c1ccccc1-c1ccccc1. The molecule has 4 heteroatoms. The Bertz CT molecular complexity index is 842. The van der Waals surface area contributed by atoms with E-state index in [1.54, 1.807) is 11.9 Å². The standard InChI is InChI=1S/C23H27N2O2/c1-24(22-12-8-7-11-21(22)17-9-5-4-6-10-17)23(26)27-20-15-18-13-14-19(16-20)25(18,2)3/h4-14,18-20H,15-16H2,1-3H3/q+1. The fourth-order valence-corrected chi connectivity index (χ4v) is 4.33. The minimum atomic E-state index is -0.282. The van der Waals surface area contributed by atoms with Crippen LogP contribution in [0.1, 0.15) is 12.8 Å². The van der Waals surface area contributed by atoms with E-state index in [-0.39, 0.29) is 12.2 Å². The van der Waals surface area contributed by atoms with Gasteiger partial charge in [-0.3, -0.25) is 4.90 Å². The van der Waals surface area contributed by atoms with Gasteiger partial charge in [-0.1, -0.05) is 48.5 Å². The highest BCUT2D eigenvalue weighted by molar-refractivity contribution is 5.93. The van der Waals surface area contributed by atoms with E-state index in [0.29, 0.717) is 12.1 Å². The van der Waals surface area contributed by atoms with Gasteiger partial charge in [-0.05, 0) is 23.8 Å². The molecular weight excluding hydrogens is 336 g/mol. The number of carbonyl (C=O) groups excluding carboxylic acids is 1. The van der Waals surface area contributed by atoms with Crippen molar-refractivity contribution >= 4 is 11.8 Å². The Morgan fingerprint density at radius 3 is 2.22 bits per heavy atom. The van der Waals surface area contributed by atoms with E-state index in [0.717, 1.165) is 34.1 Å². The number of rotatable bonds is 3. The summed E-state index contributed by atoms with van der Waals surface area (Å²) in [6, 6.07) is 19.0. The monoisotopic (exact) mass is 363 g/mol. The predicted molar refractivity (Wildman–Crippen MR) is 109 cm³/mol. The minimum Gasteiger partial charge on any atom is -0.445 e. The van der Waals surface area contributed by atoms with Crippen molar-refractivity contribution in [3.63, 3.8) is 0 Å². The van der Waals surface area contributed by atoms with E-state index < -0.39 is 0 Å². The molecule has 1 amide bonds. The summed E-state index contributed by atoms with van der Waals surface area (Å²) in [4.78, 5) is 14.5. The van der Waals surface area contributed by atoms with Gasteiger partial charge in [0.2, 0.25) is 0 Å². The lowest BCUT2D eigenvalue weighted by atomic mass is 9.97. The molecule has 0 aromatic heterocycles. The molecule has 2 aliphatic rings. The number of ether oxygens (including phenoxy) is 1. The van der Waals surface area contributed by atoms with Crippen molar-refractivity contribution in [2.75, 3.05) is 26.0 Å². The highest BCUT2D eigenvalue weighted by Gasteiger charge is 2.46. The van der Waals surface area contributed by atoms with Crippen molar-refractivity contribution in [1.82, 2.24) is 0 Å². The van der Waals surface area contributed by atoms with Gasteiger partial charge in [0.1, 0.15) is 18.2 Å².